The van der Waals surface area contributed by atoms with E-state index in [0.717, 1.165) is 17.1 Å². The van der Waals surface area contributed by atoms with Gasteiger partial charge in [-0.05, 0) is 24.3 Å². The SMILES string of the molecule is Nc1nccnc1-c1cccc(Oc2ccccc2)c1. The smallest absolute Gasteiger partial charge is 0.149 e. The molecule has 2 N–H and O–H groups in total. The number of nitrogens with two attached hydrogens (primary N) is 1. The van der Waals surface area contributed by atoms with Crippen molar-refractivity contribution in [3.05, 3.63) is 67.0 Å². The molecule has 0 amide bonds. The molecule has 0 radical (unpaired) electrons. The summed E-state index contributed by atoms with van der Waals surface area (Å²) in [5, 5.41) is 0. The van der Waals surface area contributed by atoms with Crippen LogP contribution in [0.2, 0.25) is 0 Å². The van der Waals surface area contributed by atoms with Gasteiger partial charge < -0.3 is 10.5 Å². The summed E-state index contributed by atoms with van der Waals surface area (Å²) < 4.78 is 5.79. The van der Waals surface area contributed by atoms with Gasteiger partial charge in [0.25, 0.3) is 0 Å². The number of para-hydroxylation sites is 1. The second kappa shape index (κ2) is 5.40. The normalized spacial score (nSPS) is 10.2. The summed E-state index contributed by atoms with van der Waals surface area (Å²) in [5.41, 5.74) is 7.38. The van der Waals surface area contributed by atoms with Crippen LogP contribution in [0.5, 0.6) is 11.5 Å². The quantitative estimate of drug-likeness (QED) is 0.785. The van der Waals surface area contributed by atoms with Crippen LogP contribution >= 0.6 is 0 Å². The lowest BCUT2D eigenvalue weighted by atomic mass is 10.1. The third-order valence-electron chi connectivity index (χ3n) is 2.81. The molecule has 0 unspecified atom stereocenters. The highest BCUT2D eigenvalue weighted by Gasteiger charge is 2.06. The Morgan fingerprint density at radius 3 is 2.35 bits per heavy atom. The van der Waals surface area contributed by atoms with Gasteiger partial charge in [-0.3, -0.25) is 4.98 Å². The van der Waals surface area contributed by atoms with Crippen molar-refractivity contribution >= 4 is 5.82 Å². The Morgan fingerprint density at radius 2 is 1.55 bits per heavy atom. The summed E-state index contributed by atoms with van der Waals surface area (Å²) in [5.74, 6) is 1.93. The maximum Gasteiger partial charge on any atom is 0.149 e. The van der Waals surface area contributed by atoms with Gasteiger partial charge in [-0.15, -0.1) is 0 Å². The van der Waals surface area contributed by atoms with Crippen LogP contribution in [-0.4, -0.2) is 9.97 Å². The number of nitrogen functional groups attached to an aromatic ring is 1. The molecular formula is C16H13N3O. The van der Waals surface area contributed by atoms with Crippen molar-refractivity contribution in [3.63, 3.8) is 0 Å². The number of hydrogen-bond acceptors (Lipinski definition) is 4. The van der Waals surface area contributed by atoms with E-state index >= 15 is 0 Å². The fraction of sp³-hybridized carbons (Fsp3) is 0. The van der Waals surface area contributed by atoms with Crippen LogP contribution in [0, 0.1) is 0 Å². The first-order valence-corrected chi connectivity index (χ1v) is 6.23. The zero-order valence-corrected chi connectivity index (χ0v) is 10.7. The molecule has 3 rings (SSSR count). The van der Waals surface area contributed by atoms with E-state index in [-0.39, 0.29) is 0 Å². The monoisotopic (exact) mass is 263 g/mol. The predicted octanol–water partition coefficient (Wildman–Crippen LogP) is 3.52. The summed E-state index contributed by atoms with van der Waals surface area (Å²) in [7, 11) is 0. The topological polar surface area (TPSA) is 61.0 Å². The average Bonchev–Trinajstić information content (AvgIpc) is 2.49. The Kier molecular flexibility index (Phi) is 3.29. The Hall–Kier alpha value is -2.88. The third kappa shape index (κ3) is 2.59. The van der Waals surface area contributed by atoms with Gasteiger partial charge in [-0.25, -0.2) is 4.98 Å². The van der Waals surface area contributed by atoms with Crippen LogP contribution < -0.4 is 10.5 Å². The summed E-state index contributed by atoms with van der Waals surface area (Å²) in [6, 6.07) is 17.2. The largest absolute Gasteiger partial charge is 0.457 e. The minimum atomic E-state index is 0.407. The van der Waals surface area contributed by atoms with Gasteiger partial charge in [-0.2, -0.15) is 0 Å². The maximum atomic E-state index is 5.84. The zero-order valence-electron chi connectivity index (χ0n) is 10.7. The first-order valence-electron chi connectivity index (χ1n) is 6.23. The Labute approximate surface area is 116 Å². The van der Waals surface area contributed by atoms with E-state index in [2.05, 4.69) is 9.97 Å². The molecule has 3 aromatic rings. The minimum absolute atomic E-state index is 0.407. The number of hydrogen-bond donors (Lipinski definition) is 1. The molecule has 4 nitrogen and oxygen atoms in total. The van der Waals surface area contributed by atoms with E-state index in [1.54, 1.807) is 12.4 Å². The first-order chi connectivity index (χ1) is 9.83. The molecule has 0 saturated carbocycles. The highest BCUT2D eigenvalue weighted by atomic mass is 16.5. The van der Waals surface area contributed by atoms with Crippen molar-refractivity contribution in [2.45, 2.75) is 0 Å². The van der Waals surface area contributed by atoms with Gasteiger partial charge in [0, 0.05) is 18.0 Å². The number of benzene rings is 2. The molecule has 4 heteroatoms. The molecule has 98 valence electrons. The molecule has 0 aliphatic carbocycles. The highest BCUT2D eigenvalue weighted by Crippen LogP contribution is 2.27. The van der Waals surface area contributed by atoms with Crippen LogP contribution in [0.25, 0.3) is 11.3 Å². The van der Waals surface area contributed by atoms with E-state index in [1.165, 1.54) is 0 Å². The van der Waals surface area contributed by atoms with Gasteiger partial charge in [0.05, 0.1) is 0 Å². The summed E-state index contributed by atoms with van der Waals surface area (Å²) in [6.45, 7) is 0. The van der Waals surface area contributed by atoms with E-state index in [0.29, 0.717) is 11.5 Å². The second-order valence-electron chi connectivity index (χ2n) is 4.23. The molecule has 0 aliphatic rings. The van der Waals surface area contributed by atoms with Gasteiger partial charge in [-0.1, -0.05) is 30.3 Å². The lowest BCUT2D eigenvalue weighted by Crippen LogP contribution is -1.96. The van der Waals surface area contributed by atoms with Crippen LogP contribution in [0.4, 0.5) is 5.82 Å². The van der Waals surface area contributed by atoms with E-state index < -0.39 is 0 Å². The Balaban J connectivity index is 1.92. The van der Waals surface area contributed by atoms with Gasteiger partial charge >= 0.3 is 0 Å². The number of anilines is 1. The molecule has 20 heavy (non-hydrogen) atoms. The molecule has 0 bridgehead atoms. The summed E-state index contributed by atoms with van der Waals surface area (Å²) in [4.78, 5) is 8.30. The van der Waals surface area contributed by atoms with Crippen LogP contribution in [-0.2, 0) is 0 Å². The lowest BCUT2D eigenvalue weighted by molar-refractivity contribution is 0.483. The Bertz CT molecular complexity index is 714. The van der Waals surface area contributed by atoms with Crippen LogP contribution in [0.3, 0.4) is 0 Å². The molecule has 0 spiro atoms. The number of aromatic nitrogens is 2. The molecular weight excluding hydrogens is 250 g/mol. The van der Waals surface area contributed by atoms with Crippen molar-refractivity contribution < 1.29 is 4.74 Å². The van der Waals surface area contributed by atoms with Gasteiger partial charge in [0.2, 0.25) is 0 Å². The predicted molar refractivity (Wildman–Crippen MR) is 78.4 cm³/mol. The summed E-state index contributed by atoms with van der Waals surface area (Å²) in [6.07, 6.45) is 3.19. The number of ether oxygens (including phenoxy) is 1. The highest BCUT2D eigenvalue weighted by molar-refractivity contribution is 5.70. The van der Waals surface area contributed by atoms with Crippen molar-refractivity contribution in [1.29, 1.82) is 0 Å². The standard InChI is InChI=1S/C16H13N3O/c17-16-15(18-9-10-19-16)12-5-4-8-14(11-12)20-13-6-2-1-3-7-13/h1-11H,(H2,17,19). The minimum Gasteiger partial charge on any atom is -0.457 e. The molecule has 2 aromatic carbocycles. The average molecular weight is 263 g/mol. The number of nitrogens with zero attached hydrogens (tertiary/aromatic N) is 2. The van der Waals surface area contributed by atoms with Gasteiger partial charge in [0.15, 0.2) is 0 Å². The van der Waals surface area contributed by atoms with Crippen molar-refractivity contribution in [2.24, 2.45) is 0 Å². The number of rotatable bonds is 3. The molecule has 0 aliphatic heterocycles. The van der Waals surface area contributed by atoms with E-state index in [1.807, 2.05) is 54.6 Å². The van der Waals surface area contributed by atoms with Crippen LogP contribution in [0.1, 0.15) is 0 Å². The molecule has 0 saturated heterocycles. The lowest BCUT2D eigenvalue weighted by Gasteiger charge is -2.08. The fourth-order valence-electron chi connectivity index (χ4n) is 1.90. The van der Waals surface area contributed by atoms with E-state index in [9.17, 15) is 0 Å². The maximum absolute atomic E-state index is 5.84. The molecule has 1 heterocycles. The van der Waals surface area contributed by atoms with Gasteiger partial charge in [0.1, 0.15) is 23.0 Å². The van der Waals surface area contributed by atoms with Crippen molar-refractivity contribution in [1.82, 2.24) is 9.97 Å². The first kappa shape index (κ1) is 12.2. The molecule has 0 fully saturated rings. The molecule has 1 aromatic heterocycles. The van der Waals surface area contributed by atoms with E-state index in [4.69, 9.17) is 10.5 Å². The Morgan fingerprint density at radius 1 is 0.800 bits per heavy atom. The second-order valence-corrected chi connectivity index (χ2v) is 4.23. The summed E-state index contributed by atoms with van der Waals surface area (Å²) >= 11 is 0. The fourth-order valence-corrected chi connectivity index (χ4v) is 1.90. The van der Waals surface area contributed by atoms with Crippen molar-refractivity contribution in [2.75, 3.05) is 5.73 Å². The van der Waals surface area contributed by atoms with Crippen molar-refractivity contribution in [3.8, 4) is 22.8 Å². The zero-order chi connectivity index (χ0) is 13.8. The third-order valence-corrected chi connectivity index (χ3v) is 2.81. The van der Waals surface area contributed by atoms with Crippen LogP contribution in [0.15, 0.2) is 67.0 Å². The molecule has 0 atom stereocenters.